The number of para-hydroxylation sites is 2. The van der Waals surface area contributed by atoms with Crippen molar-refractivity contribution >= 4 is 17.5 Å². The number of primary amides is 1. The van der Waals surface area contributed by atoms with Crippen molar-refractivity contribution < 1.29 is 14.3 Å². The third kappa shape index (κ3) is 4.98. The molecule has 3 aromatic carbocycles. The van der Waals surface area contributed by atoms with Crippen LogP contribution in [0, 0.1) is 0 Å². The maximum Gasteiger partial charge on any atom is 0.264 e. The van der Waals surface area contributed by atoms with Crippen LogP contribution in [-0.2, 0) is 9.59 Å². The van der Waals surface area contributed by atoms with Crippen molar-refractivity contribution in [3.8, 4) is 16.9 Å². The zero-order chi connectivity index (χ0) is 19.8. The minimum absolute atomic E-state index is 0.0846. The van der Waals surface area contributed by atoms with E-state index in [1.807, 2.05) is 84.9 Å². The Labute approximate surface area is 164 Å². The van der Waals surface area contributed by atoms with Gasteiger partial charge in [0.1, 0.15) is 5.75 Å². The molecule has 0 aliphatic heterocycles. The maximum absolute atomic E-state index is 12.8. The Bertz CT molecular complexity index is 927. The number of rotatable bonds is 8. The number of benzene rings is 3. The summed E-state index contributed by atoms with van der Waals surface area (Å²) in [5.74, 6) is -0.0654. The molecule has 2 amide bonds. The second-order valence-corrected chi connectivity index (χ2v) is 6.25. The minimum atomic E-state index is -0.455. The molecule has 0 aliphatic carbocycles. The van der Waals surface area contributed by atoms with E-state index in [0.717, 1.165) is 11.1 Å². The van der Waals surface area contributed by atoms with Gasteiger partial charge in [0.25, 0.3) is 5.91 Å². The molecule has 28 heavy (non-hydrogen) atoms. The summed E-state index contributed by atoms with van der Waals surface area (Å²) in [6.45, 7) is 0.0688. The Balaban J connectivity index is 1.75. The van der Waals surface area contributed by atoms with Gasteiger partial charge in [-0.1, -0.05) is 66.7 Å². The van der Waals surface area contributed by atoms with Crippen LogP contribution in [0.1, 0.15) is 6.42 Å². The average Bonchev–Trinajstić information content (AvgIpc) is 2.74. The summed E-state index contributed by atoms with van der Waals surface area (Å²) in [6, 6.07) is 26.6. The van der Waals surface area contributed by atoms with Crippen molar-refractivity contribution in [1.29, 1.82) is 0 Å². The largest absolute Gasteiger partial charge is 0.483 e. The van der Waals surface area contributed by atoms with Crippen LogP contribution in [0.3, 0.4) is 0 Å². The second-order valence-electron chi connectivity index (χ2n) is 6.25. The Hall–Kier alpha value is -3.60. The van der Waals surface area contributed by atoms with Gasteiger partial charge in [-0.15, -0.1) is 0 Å². The molecule has 0 heterocycles. The molecule has 3 rings (SSSR count). The zero-order valence-corrected chi connectivity index (χ0v) is 15.5. The summed E-state index contributed by atoms with van der Waals surface area (Å²) in [5.41, 5.74) is 7.89. The SMILES string of the molecule is NC(=O)CCN(C(=O)COc1ccccc1-c1ccccc1)c1ccccc1. The lowest BCUT2D eigenvalue weighted by Gasteiger charge is -2.23. The van der Waals surface area contributed by atoms with Crippen LogP contribution in [0.25, 0.3) is 11.1 Å². The Morgan fingerprint density at radius 2 is 1.43 bits per heavy atom. The number of ether oxygens (including phenoxy) is 1. The van der Waals surface area contributed by atoms with Crippen molar-refractivity contribution in [3.63, 3.8) is 0 Å². The van der Waals surface area contributed by atoms with E-state index in [0.29, 0.717) is 11.4 Å². The monoisotopic (exact) mass is 374 g/mol. The van der Waals surface area contributed by atoms with Gasteiger partial charge in [-0.05, 0) is 23.8 Å². The highest BCUT2D eigenvalue weighted by atomic mass is 16.5. The molecular weight excluding hydrogens is 352 g/mol. The van der Waals surface area contributed by atoms with Gasteiger partial charge in [0.2, 0.25) is 5.91 Å². The maximum atomic E-state index is 12.8. The van der Waals surface area contributed by atoms with Gasteiger partial charge >= 0.3 is 0 Å². The summed E-state index contributed by atoms with van der Waals surface area (Å²) in [6.07, 6.45) is 0.0846. The third-order valence-electron chi connectivity index (χ3n) is 4.27. The summed E-state index contributed by atoms with van der Waals surface area (Å²) < 4.78 is 5.86. The van der Waals surface area contributed by atoms with Crippen LogP contribution >= 0.6 is 0 Å². The van der Waals surface area contributed by atoms with E-state index in [9.17, 15) is 9.59 Å². The number of carbonyl (C=O) groups excluding carboxylic acids is 2. The smallest absolute Gasteiger partial charge is 0.264 e. The lowest BCUT2D eigenvalue weighted by Crippen LogP contribution is -2.37. The van der Waals surface area contributed by atoms with Crippen LogP contribution in [-0.4, -0.2) is 25.0 Å². The van der Waals surface area contributed by atoms with Gasteiger partial charge < -0.3 is 15.4 Å². The molecule has 0 fully saturated rings. The van der Waals surface area contributed by atoms with Crippen LogP contribution in [0.4, 0.5) is 5.69 Å². The second kappa shape index (κ2) is 9.37. The van der Waals surface area contributed by atoms with Crippen molar-refractivity contribution in [2.24, 2.45) is 5.73 Å². The lowest BCUT2D eigenvalue weighted by molar-refractivity contribution is -0.120. The molecule has 0 saturated heterocycles. The first-order chi connectivity index (χ1) is 13.6. The van der Waals surface area contributed by atoms with E-state index < -0.39 is 5.91 Å². The summed E-state index contributed by atoms with van der Waals surface area (Å²) >= 11 is 0. The predicted molar refractivity (Wildman–Crippen MR) is 110 cm³/mol. The van der Waals surface area contributed by atoms with Crippen LogP contribution < -0.4 is 15.4 Å². The van der Waals surface area contributed by atoms with Crippen molar-refractivity contribution in [2.45, 2.75) is 6.42 Å². The normalized spacial score (nSPS) is 10.3. The van der Waals surface area contributed by atoms with Gasteiger partial charge in [0.15, 0.2) is 6.61 Å². The van der Waals surface area contributed by atoms with Crippen molar-refractivity contribution in [2.75, 3.05) is 18.1 Å². The molecule has 0 atom stereocenters. The number of hydrogen-bond acceptors (Lipinski definition) is 3. The molecule has 5 heteroatoms. The fraction of sp³-hybridized carbons (Fsp3) is 0.130. The number of amides is 2. The molecule has 0 saturated carbocycles. The first-order valence-electron chi connectivity index (χ1n) is 9.06. The Kier molecular flexibility index (Phi) is 6.41. The third-order valence-corrected chi connectivity index (χ3v) is 4.27. The standard InChI is InChI=1S/C23H22N2O3/c24-22(26)15-16-25(19-11-5-2-6-12-19)23(27)17-28-21-14-8-7-13-20(21)18-9-3-1-4-10-18/h1-14H,15-17H2,(H2,24,26). The Morgan fingerprint density at radius 3 is 2.11 bits per heavy atom. The van der Waals surface area contributed by atoms with E-state index >= 15 is 0 Å². The van der Waals surface area contributed by atoms with Gasteiger partial charge in [-0.2, -0.15) is 0 Å². The van der Waals surface area contributed by atoms with E-state index in [4.69, 9.17) is 10.5 Å². The van der Waals surface area contributed by atoms with E-state index in [1.54, 1.807) is 0 Å². The van der Waals surface area contributed by atoms with Crippen molar-refractivity contribution in [1.82, 2.24) is 0 Å². The Morgan fingerprint density at radius 1 is 0.821 bits per heavy atom. The topological polar surface area (TPSA) is 72.6 Å². The molecule has 0 unspecified atom stereocenters. The summed E-state index contributed by atoms with van der Waals surface area (Å²) in [5, 5.41) is 0. The molecule has 5 nitrogen and oxygen atoms in total. The zero-order valence-electron chi connectivity index (χ0n) is 15.5. The molecule has 0 aromatic heterocycles. The number of nitrogens with two attached hydrogens (primary N) is 1. The van der Waals surface area contributed by atoms with Crippen molar-refractivity contribution in [3.05, 3.63) is 84.9 Å². The van der Waals surface area contributed by atoms with Crippen LogP contribution in [0.15, 0.2) is 84.9 Å². The quantitative estimate of drug-likeness (QED) is 0.654. The first-order valence-corrected chi connectivity index (χ1v) is 9.06. The van der Waals surface area contributed by atoms with Gasteiger partial charge in [0.05, 0.1) is 0 Å². The average molecular weight is 374 g/mol. The number of hydrogen-bond donors (Lipinski definition) is 1. The van der Waals surface area contributed by atoms with Gasteiger partial charge in [-0.3, -0.25) is 9.59 Å². The number of anilines is 1. The van der Waals surface area contributed by atoms with E-state index in [-0.39, 0.29) is 25.5 Å². The molecule has 0 spiro atoms. The number of nitrogens with zero attached hydrogens (tertiary/aromatic N) is 1. The predicted octanol–water partition coefficient (Wildman–Crippen LogP) is 3.64. The highest BCUT2D eigenvalue weighted by molar-refractivity contribution is 5.95. The molecule has 0 bridgehead atoms. The lowest BCUT2D eigenvalue weighted by atomic mass is 10.1. The minimum Gasteiger partial charge on any atom is -0.483 e. The summed E-state index contributed by atoms with van der Waals surface area (Å²) in [4.78, 5) is 25.5. The fourth-order valence-corrected chi connectivity index (χ4v) is 2.89. The first kappa shape index (κ1) is 19.2. The van der Waals surface area contributed by atoms with E-state index in [1.165, 1.54) is 4.90 Å². The summed E-state index contributed by atoms with van der Waals surface area (Å²) in [7, 11) is 0. The molecule has 3 aromatic rings. The molecule has 142 valence electrons. The molecule has 2 N–H and O–H groups in total. The van der Waals surface area contributed by atoms with Crippen LogP contribution in [0.2, 0.25) is 0 Å². The molecular formula is C23H22N2O3. The highest BCUT2D eigenvalue weighted by Gasteiger charge is 2.18. The van der Waals surface area contributed by atoms with Crippen LogP contribution in [0.5, 0.6) is 5.75 Å². The number of carbonyl (C=O) groups is 2. The molecule has 0 aliphatic rings. The fourth-order valence-electron chi connectivity index (χ4n) is 2.89. The molecule has 0 radical (unpaired) electrons. The van der Waals surface area contributed by atoms with Gasteiger partial charge in [0, 0.05) is 24.2 Å². The van der Waals surface area contributed by atoms with Gasteiger partial charge in [-0.25, -0.2) is 0 Å². The highest BCUT2D eigenvalue weighted by Crippen LogP contribution is 2.29. The van der Waals surface area contributed by atoms with E-state index in [2.05, 4.69) is 0 Å².